The molecule has 180 valence electrons. The highest BCUT2D eigenvalue weighted by Crippen LogP contribution is 2.22. The first-order valence-electron chi connectivity index (χ1n) is 11.2. The van der Waals surface area contributed by atoms with Crippen LogP contribution in [0, 0.1) is 0 Å². The molecule has 0 aliphatic heterocycles. The molecule has 0 atom stereocenters. The fourth-order valence-electron chi connectivity index (χ4n) is 3.69. The second-order valence-corrected chi connectivity index (χ2v) is 8.96. The zero-order chi connectivity index (χ0) is 24.8. The van der Waals surface area contributed by atoms with Crippen molar-refractivity contribution in [2.45, 2.75) is 39.5 Å². The van der Waals surface area contributed by atoms with Gasteiger partial charge in [-0.2, -0.15) is 0 Å². The molecule has 0 spiro atoms. The van der Waals surface area contributed by atoms with Gasteiger partial charge in [-0.05, 0) is 40.6 Å². The highest BCUT2D eigenvalue weighted by molar-refractivity contribution is 7.16. The number of thiophene rings is 1. The summed E-state index contributed by atoms with van der Waals surface area (Å²) in [5, 5.41) is 14.0. The summed E-state index contributed by atoms with van der Waals surface area (Å²) in [6.07, 6.45) is 2.03. The largest absolute Gasteiger partial charge is 0.478 e. The standard InChI is InChI=1S/C26H25N3O5S/c1-2-4-16-5-3-6-18(11-16)12-27-24(31)22-28-23(30)21-20(15-35-25(21)29-22)14-34-13-17-7-9-19(10-8-17)26(32)33/h3,5-11,15H,2,4,12-14H2,1H3,(H,27,31)(H,32,33)(H,28,29,30). The molecule has 0 bridgehead atoms. The summed E-state index contributed by atoms with van der Waals surface area (Å²) in [5.41, 5.74) is 3.52. The van der Waals surface area contributed by atoms with Gasteiger partial charge in [-0.25, -0.2) is 9.78 Å². The first-order chi connectivity index (χ1) is 16.9. The predicted molar refractivity (Wildman–Crippen MR) is 134 cm³/mol. The van der Waals surface area contributed by atoms with E-state index in [4.69, 9.17) is 9.84 Å². The van der Waals surface area contributed by atoms with Crippen molar-refractivity contribution in [3.05, 3.63) is 97.9 Å². The molecular formula is C26H25N3O5S. The second-order valence-electron chi connectivity index (χ2n) is 8.10. The number of aromatic amines is 1. The fourth-order valence-corrected chi connectivity index (χ4v) is 4.62. The molecule has 4 rings (SSSR count). The van der Waals surface area contributed by atoms with Crippen molar-refractivity contribution in [3.8, 4) is 0 Å². The van der Waals surface area contributed by atoms with E-state index in [9.17, 15) is 14.4 Å². The molecule has 4 aromatic rings. The van der Waals surface area contributed by atoms with Crippen LogP contribution in [0.15, 0.2) is 58.7 Å². The van der Waals surface area contributed by atoms with E-state index in [0.717, 1.165) is 24.0 Å². The van der Waals surface area contributed by atoms with Gasteiger partial charge in [0.1, 0.15) is 4.83 Å². The summed E-state index contributed by atoms with van der Waals surface area (Å²) in [5.74, 6) is -1.45. The van der Waals surface area contributed by atoms with E-state index in [2.05, 4.69) is 34.3 Å². The summed E-state index contributed by atoms with van der Waals surface area (Å²) < 4.78 is 5.72. The van der Waals surface area contributed by atoms with Gasteiger partial charge in [-0.3, -0.25) is 9.59 Å². The number of benzene rings is 2. The second kappa shape index (κ2) is 11.1. The number of H-pyrrole nitrogens is 1. The van der Waals surface area contributed by atoms with Crippen LogP contribution in [0.2, 0.25) is 0 Å². The minimum Gasteiger partial charge on any atom is -0.478 e. The Morgan fingerprint density at radius 3 is 2.60 bits per heavy atom. The number of aryl methyl sites for hydroxylation is 1. The Morgan fingerprint density at radius 2 is 1.86 bits per heavy atom. The van der Waals surface area contributed by atoms with Gasteiger partial charge < -0.3 is 20.1 Å². The van der Waals surface area contributed by atoms with E-state index >= 15 is 0 Å². The Labute approximate surface area is 205 Å². The number of nitrogens with one attached hydrogen (secondary N) is 2. The smallest absolute Gasteiger partial charge is 0.335 e. The summed E-state index contributed by atoms with van der Waals surface area (Å²) in [7, 11) is 0. The van der Waals surface area contributed by atoms with Crippen LogP contribution in [0.25, 0.3) is 10.2 Å². The first-order valence-corrected chi connectivity index (χ1v) is 12.1. The van der Waals surface area contributed by atoms with E-state index in [-0.39, 0.29) is 24.6 Å². The minimum atomic E-state index is -0.983. The van der Waals surface area contributed by atoms with Crippen LogP contribution in [0.4, 0.5) is 0 Å². The molecule has 0 unspecified atom stereocenters. The van der Waals surface area contributed by atoms with Crippen LogP contribution in [0.3, 0.4) is 0 Å². The topological polar surface area (TPSA) is 121 Å². The molecule has 2 aromatic carbocycles. The van der Waals surface area contributed by atoms with Crippen molar-refractivity contribution in [2.75, 3.05) is 0 Å². The van der Waals surface area contributed by atoms with Crippen LogP contribution < -0.4 is 10.9 Å². The number of ether oxygens (including phenoxy) is 1. The van der Waals surface area contributed by atoms with E-state index in [1.165, 1.54) is 29.0 Å². The number of rotatable bonds is 10. The van der Waals surface area contributed by atoms with Gasteiger partial charge in [0.15, 0.2) is 0 Å². The average Bonchev–Trinajstić information content (AvgIpc) is 3.27. The summed E-state index contributed by atoms with van der Waals surface area (Å²) >= 11 is 1.28. The Bertz CT molecular complexity index is 1410. The van der Waals surface area contributed by atoms with Crippen molar-refractivity contribution in [3.63, 3.8) is 0 Å². The zero-order valence-electron chi connectivity index (χ0n) is 19.2. The number of aromatic nitrogens is 2. The Hall–Kier alpha value is -3.82. The van der Waals surface area contributed by atoms with E-state index in [0.29, 0.717) is 22.3 Å². The molecule has 0 aliphatic carbocycles. The normalized spacial score (nSPS) is 11.0. The summed E-state index contributed by atoms with van der Waals surface area (Å²) in [6, 6.07) is 14.5. The zero-order valence-corrected chi connectivity index (χ0v) is 20.0. The van der Waals surface area contributed by atoms with Crippen LogP contribution >= 0.6 is 11.3 Å². The molecule has 2 heterocycles. The molecule has 0 radical (unpaired) electrons. The van der Waals surface area contributed by atoms with Crippen molar-refractivity contribution >= 4 is 33.4 Å². The lowest BCUT2D eigenvalue weighted by molar-refractivity contribution is 0.0696. The van der Waals surface area contributed by atoms with Crippen molar-refractivity contribution < 1.29 is 19.4 Å². The van der Waals surface area contributed by atoms with Crippen LogP contribution in [0.5, 0.6) is 0 Å². The lowest BCUT2D eigenvalue weighted by Gasteiger charge is -2.07. The third kappa shape index (κ3) is 6.00. The average molecular weight is 492 g/mol. The molecule has 0 saturated heterocycles. The molecular weight excluding hydrogens is 466 g/mol. The van der Waals surface area contributed by atoms with Crippen molar-refractivity contribution in [1.82, 2.24) is 15.3 Å². The number of nitrogens with zero attached hydrogens (tertiary/aromatic N) is 1. The number of hydrogen-bond acceptors (Lipinski definition) is 6. The number of hydrogen-bond donors (Lipinski definition) is 3. The SMILES string of the molecule is CCCc1cccc(CNC(=O)c2nc3scc(COCc4ccc(C(=O)O)cc4)c3c(=O)[nH]2)c1. The molecule has 1 amide bonds. The maximum atomic E-state index is 12.7. The molecule has 2 aromatic heterocycles. The van der Waals surface area contributed by atoms with E-state index in [1.807, 2.05) is 12.1 Å². The maximum Gasteiger partial charge on any atom is 0.335 e. The number of aromatic carboxylic acids is 1. The minimum absolute atomic E-state index is 0.0277. The van der Waals surface area contributed by atoms with Crippen molar-refractivity contribution in [2.24, 2.45) is 0 Å². The van der Waals surface area contributed by atoms with Gasteiger partial charge in [0, 0.05) is 12.1 Å². The molecule has 0 fully saturated rings. The van der Waals surface area contributed by atoms with Crippen molar-refractivity contribution in [1.29, 1.82) is 0 Å². The van der Waals surface area contributed by atoms with Crippen LogP contribution in [-0.2, 0) is 30.9 Å². The maximum absolute atomic E-state index is 12.7. The number of amides is 1. The number of carbonyl (C=O) groups is 2. The number of carboxylic acid groups (broad SMARTS) is 1. The van der Waals surface area contributed by atoms with Gasteiger partial charge in [-0.15, -0.1) is 11.3 Å². The molecule has 3 N–H and O–H groups in total. The van der Waals surface area contributed by atoms with Gasteiger partial charge in [0.25, 0.3) is 11.5 Å². The molecule has 8 nitrogen and oxygen atoms in total. The Kier molecular flexibility index (Phi) is 7.69. The number of fused-ring (bicyclic) bond motifs is 1. The molecule has 0 saturated carbocycles. The van der Waals surface area contributed by atoms with Gasteiger partial charge in [0.2, 0.25) is 5.82 Å². The summed E-state index contributed by atoms with van der Waals surface area (Å²) in [4.78, 5) is 43.7. The quantitative estimate of drug-likeness (QED) is 0.304. The molecule has 9 heteroatoms. The lowest BCUT2D eigenvalue weighted by Crippen LogP contribution is -2.27. The third-order valence-electron chi connectivity index (χ3n) is 5.45. The third-order valence-corrected chi connectivity index (χ3v) is 6.37. The Morgan fingerprint density at radius 1 is 1.09 bits per heavy atom. The first kappa shape index (κ1) is 24.3. The highest BCUT2D eigenvalue weighted by Gasteiger charge is 2.15. The molecule has 0 aliphatic rings. The number of carbonyl (C=O) groups excluding carboxylic acids is 1. The highest BCUT2D eigenvalue weighted by atomic mass is 32.1. The lowest BCUT2D eigenvalue weighted by atomic mass is 10.1. The summed E-state index contributed by atoms with van der Waals surface area (Å²) in [6.45, 7) is 2.92. The monoisotopic (exact) mass is 491 g/mol. The predicted octanol–water partition coefficient (Wildman–Crippen LogP) is 4.28. The van der Waals surface area contributed by atoms with Gasteiger partial charge in [-0.1, -0.05) is 49.7 Å². The van der Waals surface area contributed by atoms with Crippen LogP contribution in [-0.4, -0.2) is 27.0 Å². The Balaban J connectivity index is 1.39. The van der Waals surface area contributed by atoms with E-state index in [1.54, 1.807) is 17.5 Å². The van der Waals surface area contributed by atoms with Gasteiger partial charge >= 0.3 is 5.97 Å². The molecule has 35 heavy (non-hydrogen) atoms. The van der Waals surface area contributed by atoms with Gasteiger partial charge in [0.05, 0.1) is 24.2 Å². The number of carboxylic acids is 1. The van der Waals surface area contributed by atoms with E-state index < -0.39 is 17.4 Å². The fraction of sp³-hybridized carbons (Fsp3) is 0.231. The van der Waals surface area contributed by atoms with Crippen LogP contribution in [0.1, 0.15) is 56.6 Å².